The summed E-state index contributed by atoms with van der Waals surface area (Å²) in [6.45, 7) is -0.411. The van der Waals surface area contributed by atoms with Crippen molar-refractivity contribution in [1.29, 1.82) is 0 Å². The second-order valence-electron chi connectivity index (χ2n) is 6.00. The molecule has 1 atom stereocenters. The predicted octanol–water partition coefficient (Wildman–Crippen LogP) is 2.62. The summed E-state index contributed by atoms with van der Waals surface area (Å²) in [6.07, 6.45) is -5.32. The summed E-state index contributed by atoms with van der Waals surface area (Å²) < 4.78 is 48.8. The molecular weight excluding hydrogens is 377 g/mol. The molecule has 0 radical (unpaired) electrons. The zero-order valence-corrected chi connectivity index (χ0v) is 14.8. The quantitative estimate of drug-likeness (QED) is 0.866. The summed E-state index contributed by atoms with van der Waals surface area (Å²) in [6, 6.07) is 10.8. The first-order valence-corrected chi connectivity index (χ1v) is 8.37. The average Bonchev–Trinajstić information content (AvgIpc) is 2.70. The molecule has 0 aliphatic carbocycles. The number of halogens is 3. The Morgan fingerprint density at radius 2 is 1.86 bits per heavy atom. The van der Waals surface area contributed by atoms with E-state index in [1.54, 1.807) is 24.3 Å². The van der Waals surface area contributed by atoms with Crippen molar-refractivity contribution in [3.63, 3.8) is 0 Å². The van der Waals surface area contributed by atoms with Crippen LogP contribution >= 0.6 is 0 Å². The number of hydrogen-bond donors (Lipinski definition) is 1. The number of nitrogens with one attached hydrogen (secondary N) is 1. The first kappa shape index (κ1) is 19.5. The zero-order valence-electron chi connectivity index (χ0n) is 14.8. The molecule has 1 heterocycles. The Kier molecular flexibility index (Phi) is 5.43. The molecule has 1 N–H and O–H groups in total. The highest BCUT2D eigenvalue weighted by Gasteiger charge is 2.33. The molecule has 1 aliphatic heterocycles. The molecule has 0 saturated heterocycles. The zero-order chi connectivity index (χ0) is 20.3. The molecule has 0 spiro atoms. The number of rotatable bonds is 4. The van der Waals surface area contributed by atoms with E-state index in [4.69, 9.17) is 9.47 Å². The Morgan fingerprint density at radius 1 is 1.18 bits per heavy atom. The van der Waals surface area contributed by atoms with Crippen LogP contribution in [-0.2, 0) is 15.8 Å². The Labute approximate surface area is 158 Å². The van der Waals surface area contributed by atoms with E-state index >= 15 is 0 Å². The van der Waals surface area contributed by atoms with Gasteiger partial charge < -0.3 is 19.7 Å². The third-order valence-electron chi connectivity index (χ3n) is 4.16. The Morgan fingerprint density at radius 3 is 2.50 bits per heavy atom. The highest BCUT2D eigenvalue weighted by atomic mass is 19.4. The van der Waals surface area contributed by atoms with Crippen LogP contribution in [0.1, 0.15) is 5.56 Å². The van der Waals surface area contributed by atoms with Crippen LogP contribution in [0, 0.1) is 0 Å². The third-order valence-corrected chi connectivity index (χ3v) is 4.16. The second kappa shape index (κ2) is 7.79. The molecule has 0 saturated carbocycles. The van der Waals surface area contributed by atoms with Crippen LogP contribution in [0.5, 0.6) is 11.5 Å². The molecule has 2 aromatic rings. The van der Waals surface area contributed by atoms with Gasteiger partial charge in [-0.1, -0.05) is 12.1 Å². The lowest BCUT2D eigenvalue weighted by atomic mass is 10.1. The van der Waals surface area contributed by atoms with Crippen LogP contribution in [0.15, 0.2) is 48.5 Å². The monoisotopic (exact) mass is 394 g/mol. The summed E-state index contributed by atoms with van der Waals surface area (Å²) in [5.41, 5.74) is -0.314. The summed E-state index contributed by atoms with van der Waals surface area (Å²) in [4.78, 5) is 26.0. The van der Waals surface area contributed by atoms with Crippen molar-refractivity contribution in [3.05, 3.63) is 54.1 Å². The van der Waals surface area contributed by atoms with Crippen molar-refractivity contribution in [1.82, 2.24) is 5.32 Å². The van der Waals surface area contributed by atoms with Gasteiger partial charge in [0.2, 0.25) is 0 Å². The number of carbonyl (C=O) groups is 2. The van der Waals surface area contributed by atoms with Gasteiger partial charge >= 0.3 is 6.18 Å². The molecule has 0 bridgehead atoms. The van der Waals surface area contributed by atoms with Crippen molar-refractivity contribution in [2.24, 2.45) is 0 Å². The van der Waals surface area contributed by atoms with E-state index in [1.165, 1.54) is 11.9 Å². The molecule has 6 nitrogen and oxygen atoms in total. The van der Waals surface area contributed by atoms with Gasteiger partial charge in [0.15, 0.2) is 12.7 Å². The lowest BCUT2D eigenvalue weighted by Gasteiger charge is -2.33. The number of carbonyl (C=O) groups excluding carboxylic acids is 2. The topological polar surface area (TPSA) is 67.9 Å². The minimum Gasteiger partial charge on any atom is -0.484 e. The van der Waals surface area contributed by atoms with Gasteiger partial charge in [0.1, 0.15) is 11.5 Å². The molecular formula is C19H17F3N2O4. The van der Waals surface area contributed by atoms with E-state index in [9.17, 15) is 22.8 Å². The van der Waals surface area contributed by atoms with Gasteiger partial charge in [0, 0.05) is 7.05 Å². The molecule has 148 valence electrons. The lowest BCUT2D eigenvalue weighted by Crippen LogP contribution is -2.51. The smallest absolute Gasteiger partial charge is 0.416 e. The fourth-order valence-electron chi connectivity index (χ4n) is 2.73. The molecule has 0 aromatic heterocycles. The van der Waals surface area contributed by atoms with Gasteiger partial charge in [-0.2, -0.15) is 13.2 Å². The van der Waals surface area contributed by atoms with Crippen molar-refractivity contribution in [2.45, 2.75) is 12.3 Å². The molecule has 2 aromatic carbocycles. The predicted molar refractivity (Wildman–Crippen MR) is 94.2 cm³/mol. The first-order chi connectivity index (χ1) is 13.3. The summed E-state index contributed by atoms with van der Waals surface area (Å²) in [7, 11) is 1.46. The number of nitrogens with zero attached hydrogens (tertiary/aromatic N) is 1. The molecule has 9 heteroatoms. The highest BCUT2D eigenvalue weighted by Crippen LogP contribution is 2.33. The normalized spacial score (nSPS) is 16.0. The van der Waals surface area contributed by atoms with Crippen molar-refractivity contribution in [3.8, 4) is 11.5 Å². The van der Waals surface area contributed by atoms with E-state index in [2.05, 4.69) is 5.32 Å². The van der Waals surface area contributed by atoms with Crippen LogP contribution in [0.25, 0.3) is 0 Å². The number of fused-ring (bicyclic) bond motifs is 1. The standard InChI is InChI=1S/C19H17F3N2O4/c1-23-18(26)16-10-24(14-4-2-3-5-15(14)28-16)17(25)11-27-13-8-6-12(7-9-13)19(20,21)22/h2-9,16H,10-11H2,1H3,(H,23,26). The number of benzene rings is 2. The lowest BCUT2D eigenvalue weighted by molar-refractivity contribution is -0.137. The highest BCUT2D eigenvalue weighted by molar-refractivity contribution is 5.98. The number of likely N-dealkylation sites (N-methyl/N-ethyl adjacent to an activating group) is 1. The van der Waals surface area contributed by atoms with E-state index < -0.39 is 30.4 Å². The van der Waals surface area contributed by atoms with Gasteiger partial charge in [-0.05, 0) is 36.4 Å². The van der Waals surface area contributed by atoms with Crippen molar-refractivity contribution >= 4 is 17.5 Å². The van der Waals surface area contributed by atoms with E-state index in [1.807, 2.05) is 0 Å². The van der Waals surface area contributed by atoms with Crippen molar-refractivity contribution in [2.75, 3.05) is 25.1 Å². The van der Waals surface area contributed by atoms with Crippen LogP contribution in [0.3, 0.4) is 0 Å². The molecule has 1 aliphatic rings. The number of para-hydroxylation sites is 2. The van der Waals surface area contributed by atoms with Crippen LogP contribution in [0.4, 0.5) is 18.9 Å². The minimum absolute atomic E-state index is 0.00804. The van der Waals surface area contributed by atoms with Crippen LogP contribution in [-0.4, -0.2) is 38.1 Å². The van der Waals surface area contributed by atoms with Gasteiger partial charge in [0.05, 0.1) is 17.8 Å². The summed E-state index contributed by atoms with van der Waals surface area (Å²) in [5.74, 6) is -0.323. The summed E-state index contributed by atoms with van der Waals surface area (Å²) in [5, 5.41) is 2.48. The largest absolute Gasteiger partial charge is 0.484 e. The van der Waals surface area contributed by atoms with E-state index in [-0.39, 0.29) is 18.2 Å². The average molecular weight is 394 g/mol. The number of anilines is 1. The van der Waals surface area contributed by atoms with Gasteiger partial charge in [0.25, 0.3) is 11.8 Å². The minimum atomic E-state index is -4.44. The van der Waals surface area contributed by atoms with Crippen LogP contribution < -0.4 is 19.7 Å². The van der Waals surface area contributed by atoms with E-state index in [0.717, 1.165) is 24.3 Å². The molecule has 28 heavy (non-hydrogen) atoms. The molecule has 3 rings (SSSR count). The maximum Gasteiger partial charge on any atom is 0.416 e. The first-order valence-electron chi connectivity index (χ1n) is 8.37. The number of amides is 2. The van der Waals surface area contributed by atoms with Crippen molar-refractivity contribution < 1.29 is 32.2 Å². The maximum atomic E-state index is 12.7. The summed E-state index contributed by atoms with van der Waals surface area (Å²) >= 11 is 0. The Hall–Kier alpha value is -3.23. The number of alkyl halides is 3. The van der Waals surface area contributed by atoms with Crippen LogP contribution in [0.2, 0.25) is 0 Å². The Balaban J connectivity index is 1.71. The fourth-order valence-corrected chi connectivity index (χ4v) is 2.73. The molecule has 0 fully saturated rings. The maximum absolute atomic E-state index is 12.7. The second-order valence-corrected chi connectivity index (χ2v) is 6.00. The number of ether oxygens (including phenoxy) is 2. The third kappa shape index (κ3) is 4.19. The van der Waals surface area contributed by atoms with Gasteiger partial charge in [-0.25, -0.2) is 0 Å². The number of hydrogen-bond acceptors (Lipinski definition) is 4. The SMILES string of the molecule is CNC(=O)C1CN(C(=O)COc2ccc(C(F)(F)F)cc2)c2ccccc2O1. The molecule has 1 unspecified atom stereocenters. The molecule has 2 amide bonds. The van der Waals surface area contributed by atoms with E-state index in [0.29, 0.717) is 11.4 Å². The Bertz CT molecular complexity index is 868. The van der Waals surface area contributed by atoms with Gasteiger partial charge in [-0.3, -0.25) is 9.59 Å². The van der Waals surface area contributed by atoms with Gasteiger partial charge in [-0.15, -0.1) is 0 Å². The fraction of sp³-hybridized carbons (Fsp3) is 0.263.